The molecule has 8 heteroatoms. The largest absolute Gasteiger partial charge is 0.512 e. The zero-order valence-corrected chi connectivity index (χ0v) is 18.9. The summed E-state index contributed by atoms with van der Waals surface area (Å²) >= 11 is 0. The van der Waals surface area contributed by atoms with Crippen molar-refractivity contribution < 1.29 is 19.4 Å². The van der Waals surface area contributed by atoms with Crippen molar-refractivity contribution >= 4 is 22.8 Å². The molecule has 1 aromatic carbocycles. The SMILES string of the molecule is Cc1ccc2c(N3CCC[C@H](NC(=O)O[C@@H]4CCOC4)C3)nc(C3CC=CC=C3O)nc2c1. The Bertz CT molecular complexity index is 1090. The van der Waals surface area contributed by atoms with E-state index in [0.29, 0.717) is 32.0 Å². The van der Waals surface area contributed by atoms with Crippen LogP contribution >= 0.6 is 0 Å². The molecule has 1 unspecified atom stereocenters. The molecule has 3 atom stereocenters. The molecule has 2 saturated heterocycles. The molecule has 0 radical (unpaired) electrons. The number of aliphatic hydroxyl groups excluding tert-OH is 1. The average molecular weight is 451 g/mol. The normalized spacial score (nSPS) is 25.2. The van der Waals surface area contributed by atoms with Gasteiger partial charge in [0.2, 0.25) is 0 Å². The van der Waals surface area contributed by atoms with Crippen molar-refractivity contribution in [2.24, 2.45) is 0 Å². The van der Waals surface area contributed by atoms with Crippen LogP contribution in [0.4, 0.5) is 10.6 Å². The highest BCUT2D eigenvalue weighted by Gasteiger charge is 2.28. The first-order valence-electron chi connectivity index (χ1n) is 11.7. The minimum Gasteiger partial charge on any atom is -0.512 e. The number of carbonyl (C=O) groups excluding carboxylic acids is 1. The number of carbonyl (C=O) groups is 1. The third-order valence-corrected chi connectivity index (χ3v) is 6.50. The van der Waals surface area contributed by atoms with E-state index in [9.17, 15) is 9.90 Å². The quantitative estimate of drug-likeness (QED) is 0.729. The Kier molecular flexibility index (Phi) is 6.17. The molecule has 3 aliphatic rings. The highest BCUT2D eigenvalue weighted by molar-refractivity contribution is 5.90. The second kappa shape index (κ2) is 9.39. The number of allylic oxidation sites excluding steroid dienone is 4. The lowest BCUT2D eigenvalue weighted by atomic mass is 9.97. The maximum atomic E-state index is 12.4. The molecule has 1 aromatic heterocycles. The van der Waals surface area contributed by atoms with Crippen LogP contribution in [0.15, 0.2) is 42.2 Å². The molecule has 3 heterocycles. The lowest BCUT2D eigenvalue weighted by Crippen LogP contribution is -2.48. The van der Waals surface area contributed by atoms with Gasteiger partial charge in [0.15, 0.2) is 0 Å². The Morgan fingerprint density at radius 1 is 1.30 bits per heavy atom. The van der Waals surface area contributed by atoms with Gasteiger partial charge in [-0.3, -0.25) is 0 Å². The Balaban J connectivity index is 1.40. The second-order valence-corrected chi connectivity index (χ2v) is 9.05. The summed E-state index contributed by atoms with van der Waals surface area (Å²) < 4.78 is 10.8. The molecule has 8 nitrogen and oxygen atoms in total. The molecule has 33 heavy (non-hydrogen) atoms. The van der Waals surface area contributed by atoms with Crippen LogP contribution in [0.2, 0.25) is 0 Å². The van der Waals surface area contributed by atoms with Gasteiger partial charge in [-0.15, -0.1) is 0 Å². The average Bonchev–Trinajstić information content (AvgIpc) is 3.31. The number of piperidine rings is 1. The smallest absolute Gasteiger partial charge is 0.407 e. The third kappa shape index (κ3) is 4.80. The fourth-order valence-electron chi connectivity index (χ4n) is 4.74. The fraction of sp³-hybridized carbons (Fsp3) is 0.480. The van der Waals surface area contributed by atoms with Gasteiger partial charge >= 0.3 is 6.09 Å². The van der Waals surface area contributed by atoms with Crippen LogP contribution in [0.25, 0.3) is 10.9 Å². The van der Waals surface area contributed by atoms with Gasteiger partial charge in [-0.1, -0.05) is 18.2 Å². The van der Waals surface area contributed by atoms with E-state index in [4.69, 9.17) is 19.4 Å². The number of hydrogen-bond acceptors (Lipinski definition) is 7. The maximum Gasteiger partial charge on any atom is 0.407 e. The van der Waals surface area contributed by atoms with Gasteiger partial charge in [0.25, 0.3) is 0 Å². The molecule has 0 bridgehead atoms. The van der Waals surface area contributed by atoms with Gasteiger partial charge in [-0.2, -0.15) is 0 Å². The Hall–Kier alpha value is -3.13. The van der Waals surface area contributed by atoms with Gasteiger partial charge in [-0.25, -0.2) is 14.8 Å². The summed E-state index contributed by atoms with van der Waals surface area (Å²) in [5, 5.41) is 14.5. The molecule has 2 N–H and O–H groups in total. The Labute approximate surface area is 193 Å². The van der Waals surface area contributed by atoms with Crippen LogP contribution in [-0.4, -0.2) is 59.6 Å². The summed E-state index contributed by atoms with van der Waals surface area (Å²) in [5.74, 6) is 1.51. The summed E-state index contributed by atoms with van der Waals surface area (Å²) in [4.78, 5) is 24.4. The molecule has 1 amide bonds. The van der Waals surface area contributed by atoms with Crippen LogP contribution in [0.1, 0.15) is 43.0 Å². The first-order valence-corrected chi connectivity index (χ1v) is 11.7. The summed E-state index contributed by atoms with van der Waals surface area (Å²) in [7, 11) is 0. The molecular formula is C25H30N4O4. The number of alkyl carbamates (subject to hydrolysis) is 1. The number of rotatable bonds is 4. The predicted octanol–water partition coefficient (Wildman–Crippen LogP) is 3.91. The van der Waals surface area contributed by atoms with E-state index < -0.39 is 0 Å². The van der Waals surface area contributed by atoms with Gasteiger partial charge in [0.05, 0.1) is 24.6 Å². The van der Waals surface area contributed by atoms with Crippen molar-refractivity contribution in [1.29, 1.82) is 0 Å². The fourth-order valence-corrected chi connectivity index (χ4v) is 4.74. The molecule has 0 spiro atoms. The minimum absolute atomic E-state index is 0.0293. The number of benzene rings is 1. The number of nitrogens with one attached hydrogen (secondary N) is 1. The van der Waals surface area contributed by atoms with Crippen molar-refractivity contribution in [1.82, 2.24) is 15.3 Å². The number of ether oxygens (including phenoxy) is 2. The highest BCUT2D eigenvalue weighted by Crippen LogP contribution is 2.33. The Morgan fingerprint density at radius 3 is 3.03 bits per heavy atom. The van der Waals surface area contributed by atoms with Gasteiger partial charge in [0, 0.05) is 30.9 Å². The molecule has 2 aromatic rings. The van der Waals surface area contributed by atoms with Crippen LogP contribution in [0.5, 0.6) is 0 Å². The molecule has 0 saturated carbocycles. The molecule has 1 aliphatic carbocycles. The van der Waals surface area contributed by atoms with Crippen LogP contribution in [0.3, 0.4) is 0 Å². The molecule has 174 valence electrons. The van der Waals surface area contributed by atoms with E-state index in [-0.39, 0.29) is 29.9 Å². The van der Waals surface area contributed by atoms with Crippen molar-refractivity contribution in [2.45, 2.75) is 50.7 Å². The minimum atomic E-state index is -0.384. The molecule has 5 rings (SSSR count). The zero-order chi connectivity index (χ0) is 22.8. The lowest BCUT2D eigenvalue weighted by Gasteiger charge is -2.35. The number of anilines is 1. The summed E-state index contributed by atoms with van der Waals surface area (Å²) in [5.41, 5.74) is 1.99. The number of fused-ring (bicyclic) bond motifs is 1. The van der Waals surface area contributed by atoms with E-state index in [1.54, 1.807) is 6.08 Å². The van der Waals surface area contributed by atoms with Crippen LogP contribution in [0, 0.1) is 6.92 Å². The first-order chi connectivity index (χ1) is 16.1. The Morgan fingerprint density at radius 2 is 2.21 bits per heavy atom. The van der Waals surface area contributed by atoms with Gasteiger partial charge in [0.1, 0.15) is 23.5 Å². The molecule has 2 fully saturated rings. The standard InChI is InChI=1S/C25H30N4O4/c1-16-8-9-19-21(13-16)27-23(20-6-2-3-7-22(20)30)28-24(19)29-11-4-5-17(14-29)26-25(31)33-18-10-12-32-15-18/h2-3,7-9,13,17-18,20,30H,4-6,10-12,14-15H2,1H3,(H,26,31)/t17-,18+,20?/m0/s1. The van der Waals surface area contributed by atoms with E-state index >= 15 is 0 Å². The summed E-state index contributed by atoms with van der Waals surface area (Å²) in [6.45, 7) is 4.64. The second-order valence-electron chi connectivity index (χ2n) is 9.05. The van der Waals surface area contributed by atoms with Crippen molar-refractivity contribution in [3.63, 3.8) is 0 Å². The molecule has 2 aliphatic heterocycles. The van der Waals surface area contributed by atoms with E-state index in [2.05, 4.69) is 28.4 Å². The predicted molar refractivity (Wildman–Crippen MR) is 126 cm³/mol. The topological polar surface area (TPSA) is 96.8 Å². The summed E-state index contributed by atoms with van der Waals surface area (Å²) in [6, 6.07) is 6.16. The van der Waals surface area contributed by atoms with Crippen LogP contribution in [-0.2, 0) is 9.47 Å². The number of aromatic nitrogens is 2. The number of amides is 1. The number of aliphatic hydroxyl groups is 1. The number of hydrogen-bond donors (Lipinski definition) is 2. The lowest BCUT2D eigenvalue weighted by molar-refractivity contribution is 0.0803. The van der Waals surface area contributed by atoms with Crippen LogP contribution < -0.4 is 10.2 Å². The van der Waals surface area contributed by atoms with Crippen molar-refractivity contribution in [2.75, 3.05) is 31.2 Å². The number of nitrogens with zero attached hydrogens (tertiary/aromatic N) is 3. The summed E-state index contributed by atoms with van der Waals surface area (Å²) in [6.07, 6.45) is 8.28. The number of aryl methyl sites for hydroxylation is 1. The first kappa shape index (κ1) is 21.7. The third-order valence-electron chi connectivity index (χ3n) is 6.50. The highest BCUT2D eigenvalue weighted by atomic mass is 16.6. The van der Waals surface area contributed by atoms with E-state index in [1.807, 2.05) is 19.1 Å². The van der Waals surface area contributed by atoms with E-state index in [0.717, 1.165) is 48.1 Å². The van der Waals surface area contributed by atoms with E-state index in [1.165, 1.54) is 0 Å². The molecular weight excluding hydrogens is 420 g/mol. The van der Waals surface area contributed by atoms with Gasteiger partial charge in [-0.05, 0) is 50.0 Å². The zero-order valence-electron chi connectivity index (χ0n) is 18.9. The van der Waals surface area contributed by atoms with Crippen molar-refractivity contribution in [3.8, 4) is 0 Å². The van der Waals surface area contributed by atoms with Gasteiger partial charge < -0.3 is 24.8 Å². The van der Waals surface area contributed by atoms with Crippen molar-refractivity contribution in [3.05, 3.63) is 53.6 Å². The monoisotopic (exact) mass is 450 g/mol. The maximum absolute atomic E-state index is 12.4.